The summed E-state index contributed by atoms with van der Waals surface area (Å²) >= 11 is 0. The summed E-state index contributed by atoms with van der Waals surface area (Å²) in [6.45, 7) is 5.28. The first-order valence-corrected chi connectivity index (χ1v) is 8.67. The third kappa shape index (κ3) is 3.80. The fraction of sp³-hybridized carbons (Fsp3) is 0.250. The van der Waals surface area contributed by atoms with Crippen molar-refractivity contribution in [1.29, 1.82) is 0 Å². The van der Waals surface area contributed by atoms with Crippen LogP contribution in [0.15, 0.2) is 40.9 Å². The molecule has 0 aliphatic carbocycles. The molecule has 1 amide bonds. The molecule has 7 nitrogen and oxygen atoms in total. The number of carboxylic acid groups (broad SMARTS) is 1. The molecule has 146 valence electrons. The number of hydrogen-bond acceptors (Lipinski definition) is 4. The van der Waals surface area contributed by atoms with E-state index < -0.39 is 23.6 Å². The monoisotopic (exact) mass is 385 g/mol. The fourth-order valence-electron chi connectivity index (χ4n) is 3.14. The summed E-state index contributed by atoms with van der Waals surface area (Å²) in [5.74, 6) is -1.71. The molecule has 1 atom stereocenters. The minimum Gasteiger partial charge on any atom is -0.481 e. The molecule has 0 fully saturated rings. The highest BCUT2D eigenvalue weighted by molar-refractivity contribution is 5.96. The van der Waals surface area contributed by atoms with Crippen LogP contribution in [-0.4, -0.2) is 33.3 Å². The smallest absolute Gasteiger partial charge is 0.312 e. The van der Waals surface area contributed by atoms with E-state index in [2.05, 4.69) is 10.5 Å². The zero-order valence-corrected chi connectivity index (χ0v) is 15.7. The number of nitrogens with zero attached hydrogens (tertiary/aromatic N) is 2. The number of benzene rings is 1. The van der Waals surface area contributed by atoms with Gasteiger partial charge in [-0.05, 0) is 44.5 Å². The van der Waals surface area contributed by atoms with Crippen molar-refractivity contribution in [3.05, 3.63) is 70.5 Å². The molecule has 0 aliphatic heterocycles. The van der Waals surface area contributed by atoms with Gasteiger partial charge in [-0.25, -0.2) is 4.39 Å². The molecule has 0 saturated carbocycles. The van der Waals surface area contributed by atoms with Crippen LogP contribution in [-0.2, 0) is 4.79 Å². The van der Waals surface area contributed by atoms with Gasteiger partial charge >= 0.3 is 5.97 Å². The number of amides is 1. The average molecular weight is 385 g/mol. The first kappa shape index (κ1) is 19.3. The predicted octanol–water partition coefficient (Wildman–Crippen LogP) is 3.13. The van der Waals surface area contributed by atoms with Gasteiger partial charge in [-0.15, -0.1) is 0 Å². The lowest BCUT2D eigenvalue weighted by molar-refractivity contribution is -0.138. The van der Waals surface area contributed by atoms with Crippen LogP contribution in [0.25, 0.3) is 5.82 Å². The van der Waals surface area contributed by atoms with Gasteiger partial charge < -0.3 is 14.9 Å². The molecule has 2 N–H and O–H groups in total. The van der Waals surface area contributed by atoms with Crippen LogP contribution < -0.4 is 5.32 Å². The summed E-state index contributed by atoms with van der Waals surface area (Å²) in [6.07, 6.45) is 0. The van der Waals surface area contributed by atoms with Gasteiger partial charge in [0.05, 0.1) is 11.5 Å². The average Bonchev–Trinajstić information content (AvgIpc) is 3.18. The maximum Gasteiger partial charge on any atom is 0.312 e. The second-order valence-electron chi connectivity index (χ2n) is 6.57. The Morgan fingerprint density at radius 1 is 1.21 bits per heavy atom. The second-order valence-corrected chi connectivity index (χ2v) is 6.57. The number of rotatable bonds is 6. The van der Waals surface area contributed by atoms with Crippen LogP contribution in [0.2, 0.25) is 0 Å². The van der Waals surface area contributed by atoms with Crippen LogP contribution in [0, 0.1) is 26.6 Å². The fourth-order valence-corrected chi connectivity index (χ4v) is 3.14. The second kappa shape index (κ2) is 7.67. The summed E-state index contributed by atoms with van der Waals surface area (Å²) in [4.78, 5) is 24.2. The van der Waals surface area contributed by atoms with Gasteiger partial charge in [-0.2, -0.15) is 0 Å². The molecule has 0 spiro atoms. The van der Waals surface area contributed by atoms with Crippen molar-refractivity contribution < 1.29 is 23.6 Å². The van der Waals surface area contributed by atoms with E-state index >= 15 is 0 Å². The van der Waals surface area contributed by atoms with E-state index in [0.29, 0.717) is 28.4 Å². The summed E-state index contributed by atoms with van der Waals surface area (Å²) in [5.41, 5.74) is 2.29. The number of aryl methyl sites for hydroxylation is 2. The first-order valence-electron chi connectivity index (χ1n) is 8.67. The molecule has 3 aromatic rings. The Hall–Kier alpha value is -3.42. The summed E-state index contributed by atoms with van der Waals surface area (Å²) < 4.78 is 20.0. The number of halogens is 1. The van der Waals surface area contributed by atoms with Crippen molar-refractivity contribution in [2.24, 2.45) is 0 Å². The molecule has 0 aliphatic rings. The first-order chi connectivity index (χ1) is 13.3. The lowest BCUT2D eigenvalue weighted by Gasteiger charge is -2.14. The zero-order valence-electron chi connectivity index (χ0n) is 15.7. The molecule has 8 heteroatoms. The van der Waals surface area contributed by atoms with Gasteiger partial charge in [0.1, 0.15) is 11.6 Å². The Morgan fingerprint density at radius 2 is 1.89 bits per heavy atom. The number of aliphatic carboxylic acids is 1. The minimum absolute atomic E-state index is 0.119. The number of carbonyl (C=O) groups excluding carboxylic acids is 1. The van der Waals surface area contributed by atoms with Crippen molar-refractivity contribution in [3.8, 4) is 5.82 Å². The number of carboxylic acids is 1. The molecule has 0 radical (unpaired) electrons. The molecular weight excluding hydrogens is 365 g/mol. The summed E-state index contributed by atoms with van der Waals surface area (Å²) in [7, 11) is 0. The molecule has 1 unspecified atom stereocenters. The Morgan fingerprint density at radius 3 is 2.46 bits per heavy atom. The highest BCUT2D eigenvalue weighted by atomic mass is 19.1. The highest BCUT2D eigenvalue weighted by Gasteiger charge is 2.23. The van der Waals surface area contributed by atoms with Crippen LogP contribution in [0.5, 0.6) is 0 Å². The van der Waals surface area contributed by atoms with E-state index in [1.165, 1.54) is 24.3 Å². The lowest BCUT2D eigenvalue weighted by Crippen LogP contribution is -2.32. The van der Waals surface area contributed by atoms with Crippen molar-refractivity contribution in [2.75, 3.05) is 6.54 Å². The predicted molar refractivity (Wildman–Crippen MR) is 99.2 cm³/mol. The van der Waals surface area contributed by atoms with Gasteiger partial charge in [0.2, 0.25) is 0 Å². The molecular formula is C20H20FN3O4. The van der Waals surface area contributed by atoms with Gasteiger partial charge in [-0.1, -0.05) is 17.3 Å². The molecule has 2 heterocycles. The number of carbonyl (C=O) groups is 2. The van der Waals surface area contributed by atoms with Crippen molar-refractivity contribution in [2.45, 2.75) is 26.7 Å². The summed E-state index contributed by atoms with van der Waals surface area (Å²) in [6, 6.07) is 8.67. The van der Waals surface area contributed by atoms with Gasteiger partial charge in [0.25, 0.3) is 5.91 Å². The zero-order chi connectivity index (χ0) is 20.4. The molecule has 28 heavy (non-hydrogen) atoms. The van der Waals surface area contributed by atoms with E-state index in [1.807, 2.05) is 6.92 Å². The normalized spacial score (nSPS) is 12.0. The topological polar surface area (TPSA) is 97.4 Å². The number of nitrogens with one attached hydrogen (secondary N) is 1. The third-order valence-electron chi connectivity index (χ3n) is 4.56. The van der Waals surface area contributed by atoms with Crippen LogP contribution >= 0.6 is 0 Å². The molecule has 3 rings (SSSR count). The van der Waals surface area contributed by atoms with Crippen LogP contribution in [0.4, 0.5) is 4.39 Å². The van der Waals surface area contributed by atoms with Crippen molar-refractivity contribution >= 4 is 11.9 Å². The van der Waals surface area contributed by atoms with Gasteiger partial charge in [0, 0.05) is 24.0 Å². The lowest BCUT2D eigenvalue weighted by atomic mass is 9.99. The maximum absolute atomic E-state index is 13.1. The van der Waals surface area contributed by atoms with E-state index in [1.54, 1.807) is 30.5 Å². The quantitative estimate of drug-likeness (QED) is 0.679. The maximum atomic E-state index is 13.1. The van der Waals surface area contributed by atoms with E-state index in [-0.39, 0.29) is 6.54 Å². The molecule has 0 saturated heterocycles. The van der Waals surface area contributed by atoms with E-state index in [0.717, 1.165) is 5.69 Å². The third-order valence-corrected chi connectivity index (χ3v) is 4.56. The minimum atomic E-state index is -1.10. The van der Waals surface area contributed by atoms with Gasteiger partial charge in [-0.3, -0.25) is 14.2 Å². The van der Waals surface area contributed by atoms with E-state index in [4.69, 9.17) is 4.52 Å². The Bertz CT molecular complexity index is 1020. The van der Waals surface area contributed by atoms with Gasteiger partial charge in [0.15, 0.2) is 5.82 Å². The van der Waals surface area contributed by atoms with Crippen LogP contribution in [0.1, 0.15) is 39.0 Å². The standard InChI is InChI=1S/C20H20FN3O4/c1-11-8-16(13(3)24(11)18-9-12(2)28-23-18)19(25)22-10-17(20(26)27)14-4-6-15(21)7-5-14/h4-9,17H,10H2,1-3H3,(H,22,25)(H,26,27). The van der Waals surface area contributed by atoms with Crippen molar-refractivity contribution in [3.63, 3.8) is 0 Å². The molecule has 2 aromatic heterocycles. The number of hydrogen-bond donors (Lipinski definition) is 2. The van der Waals surface area contributed by atoms with Crippen molar-refractivity contribution in [1.82, 2.24) is 15.0 Å². The molecule has 1 aromatic carbocycles. The Kier molecular flexibility index (Phi) is 5.30. The Labute approximate surface area is 160 Å². The SMILES string of the molecule is Cc1cc(-n2c(C)cc(C(=O)NCC(C(=O)O)c3ccc(F)cc3)c2C)no1. The van der Waals surface area contributed by atoms with Crippen LogP contribution in [0.3, 0.4) is 0 Å². The Balaban J connectivity index is 1.79. The number of aromatic nitrogens is 2. The van der Waals surface area contributed by atoms with E-state index in [9.17, 15) is 19.1 Å². The largest absolute Gasteiger partial charge is 0.481 e. The molecule has 0 bridgehead atoms. The summed E-state index contributed by atoms with van der Waals surface area (Å²) in [5, 5.41) is 16.1. The highest BCUT2D eigenvalue weighted by Crippen LogP contribution is 2.21.